The molecule has 1 aromatic heterocycles. The number of carbonyl (C=O) groups is 1. The van der Waals surface area contributed by atoms with Crippen molar-refractivity contribution in [3.63, 3.8) is 0 Å². The van der Waals surface area contributed by atoms with E-state index in [0.29, 0.717) is 0 Å². The van der Waals surface area contributed by atoms with E-state index in [1.807, 2.05) is 0 Å². The van der Waals surface area contributed by atoms with E-state index in [-0.39, 0.29) is 6.29 Å². The number of methoxy groups -OCH3 is 1. The number of ether oxygens (including phenoxy) is 2. The van der Waals surface area contributed by atoms with Gasteiger partial charge < -0.3 is 14.6 Å². The lowest BCUT2D eigenvalue weighted by Crippen LogP contribution is -2.19. The van der Waals surface area contributed by atoms with Gasteiger partial charge in [0.1, 0.15) is 5.69 Å². The molecule has 0 fully saturated rings. The number of aromatic hydroxyl groups is 1. The highest BCUT2D eigenvalue weighted by Gasteiger charge is 2.35. The smallest absolute Gasteiger partial charge is 0.503 e. The maximum Gasteiger partial charge on any atom is 0.573 e. The molecular weight excluding hydrogens is 231 g/mol. The second-order valence-corrected chi connectivity index (χ2v) is 2.56. The van der Waals surface area contributed by atoms with Crippen molar-refractivity contribution in [2.24, 2.45) is 0 Å². The van der Waals surface area contributed by atoms with Gasteiger partial charge in [-0.1, -0.05) is 0 Å². The van der Waals surface area contributed by atoms with Gasteiger partial charge in [0.2, 0.25) is 11.5 Å². The quantitative estimate of drug-likeness (QED) is 0.807. The summed E-state index contributed by atoms with van der Waals surface area (Å²) in [6.07, 6.45) is -4.17. The van der Waals surface area contributed by atoms with Gasteiger partial charge in [-0.3, -0.25) is 4.79 Å². The van der Waals surface area contributed by atoms with Crippen LogP contribution in [0.25, 0.3) is 0 Å². The second-order valence-electron chi connectivity index (χ2n) is 2.56. The number of aldehydes is 1. The molecule has 0 aliphatic heterocycles. The van der Waals surface area contributed by atoms with E-state index in [1.54, 1.807) is 0 Å². The number of hydrogen-bond acceptors (Lipinski definition) is 5. The molecule has 1 aromatic rings. The van der Waals surface area contributed by atoms with E-state index >= 15 is 0 Å². The Morgan fingerprint density at radius 1 is 1.44 bits per heavy atom. The van der Waals surface area contributed by atoms with Crippen molar-refractivity contribution in [2.75, 3.05) is 7.11 Å². The van der Waals surface area contributed by atoms with Gasteiger partial charge in [0, 0.05) is 0 Å². The van der Waals surface area contributed by atoms with Crippen molar-refractivity contribution in [1.29, 1.82) is 0 Å². The van der Waals surface area contributed by atoms with E-state index in [1.165, 1.54) is 0 Å². The van der Waals surface area contributed by atoms with Gasteiger partial charge in [0.05, 0.1) is 13.3 Å². The Kier molecular flexibility index (Phi) is 3.21. The predicted molar refractivity (Wildman–Crippen MR) is 44.5 cm³/mol. The molecule has 0 saturated heterocycles. The number of pyridine rings is 1. The summed E-state index contributed by atoms with van der Waals surface area (Å²) in [5.41, 5.74) is -0.619. The highest BCUT2D eigenvalue weighted by Crippen LogP contribution is 2.39. The third-order valence-electron chi connectivity index (χ3n) is 1.53. The average molecular weight is 237 g/mol. The molecule has 5 nitrogen and oxygen atoms in total. The SMILES string of the molecule is COc1c(O)cnc(C=O)c1OC(F)(F)F. The third kappa shape index (κ3) is 2.53. The maximum absolute atomic E-state index is 12.0. The Balaban J connectivity index is 3.31. The zero-order valence-corrected chi connectivity index (χ0v) is 7.91. The number of rotatable bonds is 3. The Morgan fingerprint density at radius 2 is 2.06 bits per heavy atom. The molecule has 1 rings (SSSR count). The number of alkyl halides is 3. The second kappa shape index (κ2) is 4.25. The first kappa shape index (κ1) is 12.1. The van der Waals surface area contributed by atoms with Gasteiger partial charge in [-0.05, 0) is 0 Å². The van der Waals surface area contributed by atoms with Crippen molar-refractivity contribution in [2.45, 2.75) is 6.36 Å². The van der Waals surface area contributed by atoms with Crippen LogP contribution in [-0.4, -0.2) is 29.8 Å². The van der Waals surface area contributed by atoms with Crippen LogP contribution in [0.15, 0.2) is 6.20 Å². The summed E-state index contributed by atoms with van der Waals surface area (Å²) in [4.78, 5) is 13.7. The average Bonchev–Trinajstić information content (AvgIpc) is 2.16. The Hall–Kier alpha value is -1.99. The molecular formula is C8H6F3NO4. The third-order valence-corrected chi connectivity index (χ3v) is 1.53. The molecule has 0 aliphatic rings. The highest BCUT2D eigenvalue weighted by molar-refractivity contribution is 5.79. The van der Waals surface area contributed by atoms with Crippen LogP contribution in [-0.2, 0) is 0 Å². The molecule has 0 saturated carbocycles. The molecule has 1 N–H and O–H groups in total. The number of halogens is 3. The lowest BCUT2D eigenvalue weighted by Gasteiger charge is -2.14. The van der Waals surface area contributed by atoms with E-state index in [2.05, 4.69) is 14.5 Å². The van der Waals surface area contributed by atoms with Crippen LogP contribution in [0.5, 0.6) is 17.2 Å². The van der Waals surface area contributed by atoms with Crippen molar-refractivity contribution >= 4 is 6.29 Å². The van der Waals surface area contributed by atoms with Crippen LogP contribution >= 0.6 is 0 Å². The van der Waals surface area contributed by atoms with Gasteiger partial charge >= 0.3 is 6.36 Å². The topological polar surface area (TPSA) is 68.7 Å². The van der Waals surface area contributed by atoms with Crippen LogP contribution in [0.1, 0.15) is 10.5 Å². The molecule has 0 spiro atoms. The summed E-state index contributed by atoms with van der Waals surface area (Å²) in [5.74, 6) is -2.23. The first-order valence-corrected chi connectivity index (χ1v) is 3.86. The molecule has 16 heavy (non-hydrogen) atoms. The van der Waals surface area contributed by atoms with Gasteiger partial charge in [0.25, 0.3) is 0 Å². The van der Waals surface area contributed by atoms with E-state index < -0.39 is 29.3 Å². The normalized spacial score (nSPS) is 11.0. The number of hydrogen-bond donors (Lipinski definition) is 1. The van der Waals surface area contributed by atoms with E-state index in [4.69, 9.17) is 5.11 Å². The van der Waals surface area contributed by atoms with E-state index in [9.17, 15) is 18.0 Å². The predicted octanol–water partition coefficient (Wildman–Crippen LogP) is 1.51. The van der Waals surface area contributed by atoms with Crippen LogP contribution in [0, 0.1) is 0 Å². The van der Waals surface area contributed by atoms with Crippen LogP contribution in [0.4, 0.5) is 13.2 Å². The molecule has 0 aliphatic carbocycles. The number of nitrogens with zero attached hydrogens (tertiary/aromatic N) is 1. The molecule has 0 radical (unpaired) electrons. The largest absolute Gasteiger partial charge is 0.573 e. The van der Waals surface area contributed by atoms with Crippen LogP contribution in [0.3, 0.4) is 0 Å². The summed E-state index contributed by atoms with van der Waals surface area (Å²) < 4.78 is 44.0. The van der Waals surface area contributed by atoms with Crippen molar-refractivity contribution in [1.82, 2.24) is 4.98 Å². The Labute approximate surface area is 87.4 Å². The van der Waals surface area contributed by atoms with Crippen LogP contribution < -0.4 is 9.47 Å². The number of carbonyl (C=O) groups excluding carboxylic acids is 1. The standard InChI is InChI=1S/C8H6F3NO4/c1-15-7-5(14)2-12-4(3-13)6(7)16-8(9,10)11/h2-3,14H,1H3. The van der Waals surface area contributed by atoms with Gasteiger partial charge in [0.15, 0.2) is 12.0 Å². The molecule has 0 bridgehead atoms. The first-order chi connectivity index (χ1) is 7.39. The highest BCUT2D eigenvalue weighted by atomic mass is 19.4. The summed E-state index contributed by atoms with van der Waals surface area (Å²) in [6.45, 7) is 0. The molecule has 0 atom stereocenters. The minimum atomic E-state index is -5.01. The molecule has 0 amide bonds. The number of aromatic nitrogens is 1. The first-order valence-electron chi connectivity index (χ1n) is 3.86. The summed E-state index contributed by atoms with van der Waals surface area (Å²) in [5, 5.41) is 9.16. The van der Waals surface area contributed by atoms with Crippen LogP contribution in [0.2, 0.25) is 0 Å². The lowest BCUT2D eigenvalue weighted by atomic mass is 10.3. The van der Waals surface area contributed by atoms with Crippen molar-refractivity contribution < 1.29 is 32.5 Å². The zero-order valence-electron chi connectivity index (χ0n) is 7.91. The maximum atomic E-state index is 12.0. The minimum absolute atomic E-state index is 0.0586. The molecule has 8 heteroatoms. The monoisotopic (exact) mass is 237 g/mol. The van der Waals surface area contributed by atoms with Crippen molar-refractivity contribution in [3.8, 4) is 17.2 Å². The summed E-state index contributed by atoms with van der Waals surface area (Å²) >= 11 is 0. The Bertz CT molecular complexity index is 405. The molecule has 0 aromatic carbocycles. The zero-order chi connectivity index (χ0) is 12.3. The molecule has 88 valence electrons. The van der Waals surface area contributed by atoms with Gasteiger partial charge in [-0.25, -0.2) is 4.98 Å². The minimum Gasteiger partial charge on any atom is -0.503 e. The Morgan fingerprint density at radius 3 is 2.50 bits per heavy atom. The summed E-state index contributed by atoms with van der Waals surface area (Å²) in [7, 11) is 1.02. The van der Waals surface area contributed by atoms with Gasteiger partial charge in [-0.15, -0.1) is 13.2 Å². The molecule has 0 unspecified atom stereocenters. The van der Waals surface area contributed by atoms with E-state index in [0.717, 1.165) is 13.3 Å². The van der Waals surface area contributed by atoms with Gasteiger partial charge in [-0.2, -0.15) is 0 Å². The summed E-state index contributed by atoms with van der Waals surface area (Å²) in [6, 6.07) is 0. The molecule has 1 heterocycles. The fourth-order valence-electron chi connectivity index (χ4n) is 0.976. The fourth-order valence-corrected chi connectivity index (χ4v) is 0.976. The lowest BCUT2D eigenvalue weighted by molar-refractivity contribution is -0.275. The van der Waals surface area contributed by atoms with Crippen molar-refractivity contribution in [3.05, 3.63) is 11.9 Å². The fraction of sp³-hybridized carbons (Fsp3) is 0.250.